The zero-order valence-corrected chi connectivity index (χ0v) is 10.6. The molecule has 0 bridgehead atoms. The summed E-state index contributed by atoms with van der Waals surface area (Å²) in [6.07, 6.45) is 3.94. The Morgan fingerprint density at radius 2 is 2.25 bits per heavy atom. The molecule has 0 spiro atoms. The van der Waals surface area contributed by atoms with Gasteiger partial charge in [-0.05, 0) is 32.7 Å². The van der Waals surface area contributed by atoms with Crippen molar-refractivity contribution in [1.29, 1.82) is 0 Å². The number of carbonyl (C=O) groups is 1. The number of nitrogens with two attached hydrogens (primary N) is 1. The van der Waals surface area contributed by atoms with Gasteiger partial charge in [0.05, 0.1) is 0 Å². The van der Waals surface area contributed by atoms with Crippen LogP contribution < -0.4 is 11.1 Å². The maximum Gasteiger partial charge on any atom is 0.224 e. The molecular formula is C11H22ClN3O. The van der Waals surface area contributed by atoms with Crippen molar-refractivity contribution in [1.82, 2.24) is 10.2 Å². The van der Waals surface area contributed by atoms with Gasteiger partial charge in [0.25, 0.3) is 0 Å². The minimum absolute atomic E-state index is 0. The summed E-state index contributed by atoms with van der Waals surface area (Å²) in [5, 5.41) is 3.36. The van der Waals surface area contributed by atoms with Gasteiger partial charge in [-0.3, -0.25) is 4.79 Å². The minimum Gasteiger partial charge on any atom is -0.338 e. The number of amides is 1. The molecule has 94 valence electrons. The number of nitrogens with one attached hydrogen (secondary N) is 1. The van der Waals surface area contributed by atoms with Crippen LogP contribution in [-0.4, -0.2) is 42.0 Å². The molecule has 4 nitrogen and oxygen atoms in total. The van der Waals surface area contributed by atoms with Crippen molar-refractivity contribution in [3.8, 4) is 0 Å². The SMILES string of the molecule is CC1C(N)CCN1C(=O)CC1CCCN1.Cl. The number of hydrogen-bond acceptors (Lipinski definition) is 3. The fourth-order valence-corrected chi connectivity index (χ4v) is 2.57. The number of hydrogen-bond donors (Lipinski definition) is 2. The molecule has 2 aliphatic heterocycles. The van der Waals surface area contributed by atoms with E-state index in [4.69, 9.17) is 5.73 Å². The molecule has 0 aromatic heterocycles. The van der Waals surface area contributed by atoms with Crippen LogP contribution in [-0.2, 0) is 4.79 Å². The molecule has 2 aliphatic rings. The van der Waals surface area contributed by atoms with E-state index in [0.29, 0.717) is 12.5 Å². The lowest BCUT2D eigenvalue weighted by molar-refractivity contribution is -0.132. The molecule has 0 aromatic carbocycles. The number of rotatable bonds is 2. The van der Waals surface area contributed by atoms with E-state index in [0.717, 1.165) is 25.9 Å². The van der Waals surface area contributed by atoms with Crippen molar-refractivity contribution < 1.29 is 4.79 Å². The van der Waals surface area contributed by atoms with E-state index in [1.807, 2.05) is 4.90 Å². The Morgan fingerprint density at radius 3 is 2.75 bits per heavy atom. The van der Waals surface area contributed by atoms with Gasteiger partial charge in [0.15, 0.2) is 0 Å². The highest BCUT2D eigenvalue weighted by atomic mass is 35.5. The van der Waals surface area contributed by atoms with Crippen LogP contribution in [0.4, 0.5) is 0 Å². The van der Waals surface area contributed by atoms with E-state index in [2.05, 4.69) is 12.2 Å². The molecule has 5 heteroatoms. The van der Waals surface area contributed by atoms with Crippen LogP contribution >= 0.6 is 12.4 Å². The number of likely N-dealkylation sites (tertiary alicyclic amines) is 1. The number of carbonyl (C=O) groups excluding carboxylic acids is 1. The average molecular weight is 248 g/mol. The molecule has 2 fully saturated rings. The van der Waals surface area contributed by atoms with Crippen LogP contribution in [0.2, 0.25) is 0 Å². The van der Waals surface area contributed by atoms with Gasteiger partial charge in [-0.15, -0.1) is 12.4 Å². The highest BCUT2D eigenvalue weighted by molar-refractivity contribution is 5.85. The van der Waals surface area contributed by atoms with Crippen molar-refractivity contribution in [2.75, 3.05) is 13.1 Å². The quantitative estimate of drug-likeness (QED) is 0.747. The van der Waals surface area contributed by atoms with Gasteiger partial charge in [0.2, 0.25) is 5.91 Å². The molecular weight excluding hydrogens is 226 g/mol. The first-order valence-corrected chi connectivity index (χ1v) is 5.97. The van der Waals surface area contributed by atoms with Crippen molar-refractivity contribution >= 4 is 18.3 Å². The molecule has 16 heavy (non-hydrogen) atoms. The van der Waals surface area contributed by atoms with Crippen LogP contribution in [0.3, 0.4) is 0 Å². The molecule has 3 N–H and O–H groups in total. The fraction of sp³-hybridized carbons (Fsp3) is 0.909. The van der Waals surface area contributed by atoms with Gasteiger partial charge in [0, 0.05) is 31.1 Å². The van der Waals surface area contributed by atoms with E-state index in [9.17, 15) is 4.79 Å². The van der Waals surface area contributed by atoms with E-state index in [-0.39, 0.29) is 30.4 Å². The molecule has 2 heterocycles. The zero-order valence-electron chi connectivity index (χ0n) is 9.82. The monoisotopic (exact) mass is 247 g/mol. The Bertz CT molecular complexity index is 243. The summed E-state index contributed by atoms with van der Waals surface area (Å²) in [5.41, 5.74) is 5.91. The normalized spacial score (nSPS) is 33.9. The van der Waals surface area contributed by atoms with Gasteiger partial charge in [-0.25, -0.2) is 0 Å². The first-order chi connectivity index (χ1) is 7.18. The molecule has 0 saturated carbocycles. The molecule has 2 saturated heterocycles. The highest BCUT2D eigenvalue weighted by Crippen LogP contribution is 2.19. The number of nitrogens with zero attached hydrogens (tertiary/aromatic N) is 1. The molecule has 3 atom stereocenters. The summed E-state index contributed by atoms with van der Waals surface area (Å²) >= 11 is 0. The second-order valence-electron chi connectivity index (χ2n) is 4.78. The smallest absolute Gasteiger partial charge is 0.224 e. The summed E-state index contributed by atoms with van der Waals surface area (Å²) in [4.78, 5) is 13.9. The summed E-state index contributed by atoms with van der Waals surface area (Å²) in [6.45, 7) is 3.96. The predicted molar refractivity (Wildman–Crippen MR) is 66.7 cm³/mol. The lowest BCUT2D eigenvalue weighted by atomic mass is 10.1. The standard InChI is InChI=1S/C11H21N3O.ClH/c1-8-10(12)4-6-14(8)11(15)7-9-3-2-5-13-9;/h8-10,13H,2-7,12H2,1H3;1H. The third-order valence-corrected chi connectivity index (χ3v) is 3.72. The number of halogens is 1. The van der Waals surface area contributed by atoms with Crippen LogP contribution in [0.25, 0.3) is 0 Å². The molecule has 1 amide bonds. The molecule has 0 radical (unpaired) electrons. The second kappa shape index (κ2) is 5.84. The van der Waals surface area contributed by atoms with E-state index in [1.165, 1.54) is 6.42 Å². The van der Waals surface area contributed by atoms with E-state index in [1.54, 1.807) is 0 Å². The summed E-state index contributed by atoms with van der Waals surface area (Å²) in [6, 6.07) is 0.797. The van der Waals surface area contributed by atoms with E-state index < -0.39 is 0 Å². The van der Waals surface area contributed by atoms with Crippen LogP contribution in [0.5, 0.6) is 0 Å². The average Bonchev–Trinajstić information content (AvgIpc) is 2.79. The van der Waals surface area contributed by atoms with Gasteiger partial charge >= 0.3 is 0 Å². The Kier molecular flexibility index (Phi) is 5.02. The topological polar surface area (TPSA) is 58.4 Å². The molecule has 2 rings (SSSR count). The lowest BCUT2D eigenvalue weighted by Gasteiger charge is -2.24. The third kappa shape index (κ3) is 2.87. The van der Waals surface area contributed by atoms with Crippen molar-refractivity contribution in [2.24, 2.45) is 5.73 Å². The first-order valence-electron chi connectivity index (χ1n) is 5.97. The lowest BCUT2D eigenvalue weighted by Crippen LogP contribution is -2.42. The minimum atomic E-state index is 0. The van der Waals surface area contributed by atoms with E-state index >= 15 is 0 Å². The van der Waals surface area contributed by atoms with Gasteiger partial charge in [-0.1, -0.05) is 0 Å². The van der Waals surface area contributed by atoms with Crippen molar-refractivity contribution in [2.45, 2.75) is 50.7 Å². The maximum atomic E-state index is 12.0. The molecule has 0 aliphatic carbocycles. The predicted octanol–water partition coefficient (Wildman–Crippen LogP) is 0.498. The summed E-state index contributed by atoms with van der Waals surface area (Å²) in [7, 11) is 0. The first kappa shape index (κ1) is 13.7. The Balaban J connectivity index is 0.00000128. The van der Waals surface area contributed by atoms with Crippen molar-refractivity contribution in [3.63, 3.8) is 0 Å². The van der Waals surface area contributed by atoms with Crippen LogP contribution in [0, 0.1) is 0 Å². The molecule has 0 aromatic rings. The third-order valence-electron chi connectivity index (χ3n) is 3.72. The fourth-order valence-electron chi connectivity index (χ4n) is 2.57. The molecule has 3 unspecified atom stereocenters. The van der Waals surface area contributed by atoms with Gasteiger partial charge in [-0.2, -0.15) is 0 Å². The highest BCUT2D eigenvalue weighted by Gasteiger charge is 2.32. The van der Waals surface area contributed by atoms with Crippen LogP contribution in [0.1, 0.15) is 32.6 Å². The van der Waals surface area contributed by atoms with Crippen molar-refractivity contribution in [3.05, 3.63) is 0 Å². The van der Waals surface area contributed by atoms with Gasteiger partial charge < -0.3 is 16.0 Å². The van der Waals surface area contributed by atoms with Gasteiger partial charge in [0.1, 0.15) is 0 Å². The largest absolute Gasteiger partial charge is 0.338 e. The second-order valence-corrected chi connectivity index (χ2v) is 4.78. The Labute approximate surface area is 103 Å². The van der Waals surface area contributed by atoms with Crippen LogP contribution in [0.15, 0.2) is 0 Å². The Hall–Kier alpha value is -0.320. The Morgan fingerprint density at radius 1 is 1.50 bits per heavy atom. The summed E-state index contributed by atoms with van der Waals surface area (Å²) in [5.74, 6) is 0.273. The maximum absolute atomic E-state index is 12.0. The zero-order chi connectivity index (χ0) is 10.8. The summed E-state index contributed by atoms with van der Waals surface area (Å²) < 4.78 is 0.